The highest BCUT2D eigenvalue weighted by atomic mass is 17.2. The van der Waals surface area contributed by atoms with Crippen molar-refractivity contribution in [1.29, 1.82) is 0 Å². The number of ether oxygens (including phenoxy) is 3. The number of hydrogen-bond acceptors (Lipinski definition) is 6. The fourth-order valence-corrected chi connectivity index (χ4v) is 6.84. The summed E-state index contributed by atoms with van der Waals surface area (Å²) in [6.45, 7) is 4.39. The minimum atomic E-state index is -0.908. The molecular formula is C38H32O6. The zero-order valence-electron chi connectivity index (χ0n) is 25.3. The second-order valence-corrected chi connectivity index (χ2v) is 11.6. The van der Waals surface area contributed by atoms with Gasteiger partial charge in [-0.05, 0) is 70.1 Å². The average Bonchev–Trinajstić information content (AvgIpc) is 3.31. The summed E-state index contributed by atoms with van der Waals surface area (Å²) in [6.07, 6.45) is 4.35. The average molecular weight is 585 g/mol. The molecule has 0 saturated heterocycles. The number of carbonyl (C=O) groups excluding carboxylic acids is 1. The number of carbonyl (C=O) groups is 1. The summed E-state index contributed by atoms with van der Waals surface area (Å²) in [4.78, 5) is 22.1. The van der Waals surface area contributed by atoms with Crippen molar-refractivity contribution >= 4 is 22.8 Å². The molecule has 5 aromatic carbocycles. The molecule has 0 amide bonds. The molecule has 0 bridgehead atoms. The molecule has 1 aliphatic heterocycles. The summed E-state index contributed by atoms with van der Waals surface area (Å²) in [6, 6.07) is 30.1. The second-order valence-electron chi connectivity index (χ2n) is 11.6. The van der Waals surface area contributed by atoms with Crippen LogP contribution in [-0.2, 0) is 20.8 Å². The molecule has 0 aromatic heterocycles. The zero-order valence-corrected chi connectivity index (χ0v) is 25.3. The molecular weight excluding hydrogens is 552 g/mol. The molecule has 0 unspecified atom stereocenters. The van der Waals surface area contributed by atoms with Gasteiger partial charge in [0.25, 0.3) is 0 Å². The summed E-state index contributed by atoms with van der Waals surface area (Å²) < 4.78 is 18.2. The summed E-state index contributed by atoms with van der Waals surface area (Å²) in [7, 11) is 4.66. The van der Waals surface area contributed by atoms with Crippen LogP contribution >= 0.6 is 0 Å². The zero-order chi connectivity index (χ0) is 30.6. The van der Waals surface area contributed by atoms with Crippen molar-refractivity contribution in [3.8, 4) is 28.4 Å². The molecule has 1 heterocycles. The van der Waals surface area contributed by atoms with E-state index in [0.717, 1.165) is 67.0 Å². The normalized spacial score (nSPS) is 15.1. The molecule has 2 aliphatic rings. The number of hydrogen-bond donors (Lipinski definition) is 0. The van der Waals surface area contributed by atoms with E-state index >= 15 is 0 Å². The van der Waals surface area contributed by atoms with Crippen LogP contribution in [0.5, 0.6) is 17.2 Å². The first kappa shape index (κ1) is 27.7. The third-order valence-electron chi connectivity index (χ3n) is 8.97. The van der Waals surface area contributed by atoms with Gasteiger partial charge in [-0.15, -0.1) is 0 Å². The summed E-state index contributed by atoms with van der Waals surface area (Å²) in [5, 5.41) is 2.11. The number of rotatable bonds is 6. The molecule has 220 valence electrons. The lowest BCUT2D eigenvalue weighted by atomic mass is 9.76. The Morgan fingerprint density at radius 3 is 1.95 bits per heavy atom. The van der Waals surface area contributed by atoms with Gasteiger partial charge in [-0.1, -0.05) is 74.5 Å². The van der Waals surface area contributed by atoms with Gasteiger partial charge < -0.3 is 14.2 Å². The predicted molar refractivity (Wildman–Crippen MR) is 170 cm³/mol. The standard InChI is InChI=1S/C38H32O6/c1-37(2)32-22-23(36(39)44-42-5)10-19-30(32)33-28-8-6-7-9-29(28)35-31(34(33)37)20-21-38(43-35,24-11-15-26(40-3)16-12-24)25-13-17-27(41-4)18-14-25/h6-22H,1-5H3. The molecule has 0 fully saturated rings. The minimum Gasteiger partial charge on any atom is -0.497 e. The van der Waals surface area contributed by atoms with E-state index in [1.807, 2.05) is 66.7 Å². The highest BCUT2D eigenvalue weighted by Crippen LogP contribution is 2.58. The molecule has 0 N–H and O–H groups in total. The molecule has 0 saturated carbocycles. The maximum Gasteiger partial charge on any atom is 0.373 e. The van der Waals surface area contributed by atoms with Crippen molar-refractivity contribution in [1.82, 2.24) is 0 Å². The Morgan fingerprint density at radius 1 is 0.750 bits per heavy atom. The maximum absolute atomic E-state index is 12.6. The number of benzene rings is 5. The Morgan fingerprint density at radius 2 is 1.36 bits per heavy atom. The van der Waals surface area contributed by atoms with E-state index < -0.39 is 17.0 Å². The highest BCUT2D eigenvalue weighted by Gasteiger charge is 2.44. The third-order valence-corrected chi connectivity index (χ3v) is 8.97. The molecule has 7 rings (SSSR count). The van der Waals surface area contributed by atoms with Crippen LogP contribution in [0.15, 0.2) is 97.1 Å². The predicted octanol–water partition coefficient (Wildman–Crippen LogP) is 8.23. The van der Waals surface area contributed by atoms with Crippen molar-refractivity contribution in [2.45, 2.75) is 24.9 Å². The molecule has 6 heteroatoms. The van der Waals surface area contributed by atoms with Crippen LogP contribution < -0.4 is 14.2 Å². The first-order valence-corrected chi connectivity index (χ1v) is 14.5. The van der Waals surface area contributed by atoms with E-state index in [4.69, 9.17) is 19.1 Å². The van der Waals surface area contributed by atoms with E-state index in [1.165, 1.54) is 7.11 Å². The topological polar surface area (TPSA) is 63.2 Å². The van der Waals surface area contributed by atoms with Crippen LogP contribution in [0.25, 0.3) is 28.0 Å². The van der Waals surface area contributed by atoms with Gasteiger partial charge in [0, 0.05) is 27.5 Å². The molecule has 0 atom stereocenters. The Bertz CT molecular complexity index is 1900. The Labute approximate surface area is 256 Å². The van der Waals surface area contributed by atoms with Gasteiger partial charge in [-0.3, -0.25) is 4.89 Å². The Balaban J connectivity index is 1.48. The van der Waals surface area contributed by atoms with Gasteiger partial charge in [0.1, 0.15) is 17.2 Å². The molecule has 0 spiro atoms. The lowest BCUT2D eigenvalue weighted by Gasteiger charge is -2.38. The van der Waals surface area contributed by atoms with E-state index in [2.05, 4.69) is 49.1 Å². The maximum atomic E-state index is 12.6. The van der Waals surface area contributed by atoms with Gasteiger partial charge in [0.2, 0.25) is 0 Å². The Kier molecular flexibility index (Phi) is 6.48. The lowest BCUT2D eigenvalue weighted by Crippen LogP contribution is -2.35. The lowest BCUT2D eigenvalue weighted by molar-refractivity contribution is -0.216. The van der Waals surface area contributed by atoms with Crippen LogP contribution in [0.4, 0.5) is 0 Å². The SMILES string of the molecule is COOC(=O)c1ccc2c(c1)C(C)(C)c1c3c(c4ccccc4c1-2)OC(c1ccc(OC)cc1)(c1ccc(OC)cc1)C=C3. The van der Waals surface area contributed by atoms with Crippen LogP contribution in [-0.4, -0.2) is 27.3 Å². The van der Waals surface area contributed by atoms with Crippen molar-refractivity contribution in [3.05, 3.63) is 130 Å². The molecule has 5 aromatic rings. The third kappa shape index (κ3) is 4.02. The number of methoxy groups -OCH3 is 2. The van der Waals surface area contributed by atoms with E-state index in [1.54, 1.807) is 20.3 Å². The van der Waals surface area contributed by atoms with Gasteiger partial charge in [0.15, 0.2) is 5.60 Å². The van der Waals surface area contributed by atoms with Crippen molar-refractivity contribution in [2.24, 2.45) is 0 Å². The van der Waals surface area contributed by atoms with Gasteiger partial charge >= 0.3 is 5.97 Å². The van der Waals surface area contributed by atoms with E-state index in [0.29, 0.717) is 5.56 Å². The molecule has 0 radical (unpaired) electrons. The monoisotopic (exact) mass is 584 g/mol. The van der Waals surface area contributed by atoms with Crippen molar-refractivity contribution in [2.75, 3.05) is 21.3 Å². The first-order chi connectivity index (χ1) is 21.3. The fourth-order valence-electron chi connectivity index (χ4n) is 6.84. The van der Waals surface area contributed by atoms with Crippen LogP contribution in [0.1, 0.15) is 52.0 Å². The van der Waals surface area contributed by atoms with Crippen molar-refractivity contribution < 1.29 is 28.8 Å². The van der Waals surface area contributed by atoms with Gasteiger partial charge in [0.05, 0.1) is 26.9 Å². The molecule has 1 aliphatic carbocycles. The van der Waals surface area contributed by atoms with Gasteiger partial charge in [-0.25, -0.2) is 4.79 Å². The van der Waals surface area contributed by atoms with Crippen molar-refractivity contribution in [3.63, 3.8) is 0 Å². The fraction of sp³-hybridized carbons (Fsp3) is 0.184. The number of fused-ring (bicyclic) bond motifs is 8. The smallest absolute Gasteiger partial charge is 0.373 e. The molecule has 6 nitrogen and oxygen atoms in total. The van der Waals surface area contributed by atoms with Crippen LogP contribution in [0, 0.1) is 0 Å². The quantitative estimate of drug-likeness (QED) is 0.148. The first-order valence-electron chi connectivity index (χ1n) is 14.5. The largest absolute Gasteiger partial charge is 0.497 e. The van der Waals surface area contributed by atoms with Crippen LogP contribution in [0.2, 0.25) is 0 Å². The highest BCUT2D eigenvalue weighted by molar-refractivity contribution is 6.09. The van der Waals surface area contributed by atoms with E-state index in [9.17, 15) is 4.79 Å². The summed E-state index contributed by atoms with van der Waals surface area (Å²) in [5.74, 6) is 1.83. The van der Waals surface area contributed by atoms with Gasteiger partial charge in [-0.2, -0.15) is 4.89 Å². The second kappa shape index (κ2) is 10.3. The summed E-state index contributed by atoms with van der Waals surface area (Å²) >= 11 is 0. The minimum absolute atomic E-state index is 0.434. The van der Waals surface area contributed by atoms with Crippen LogP contribution in [0.3, 0.4) is 0 Å². The molecule has 44 heavy (non-hydrogen) atoms. The summed E-state index contributed by atoms with van der Waals surface area (Å²) in [5.41, 5.74) is 6.52. The van der Waals surface area contributed by atoms with E-state index in [-0.39, 0.29) is 0 Å². The Hall–Kier alpha value is -5.07.